The van der Waals surface area contributed by atoms with Crippen molar-refractivity contribution in [2.75, 3.05) is 6.61 Å². The predicted octanol–water partition coefficient (Wildman–Crippen LogP) is 4.07. The van der Waals surface area contributed by atoms with E-state index in [4.69, 9.17) is 24.0 Å². The van der Waals surface area contributed by atoms with Crippen LogP contribution in [0.1, 0.15) is 60.3 Å². The van der Waals surface area contributed by atoms with Gasteiger partial charge in [0.2, 0.25) is 5.79 Å². The summed E-state index contributed by atoms with van der Waals surface area (Å²) in [6, 6.07) is 0. The maximum absolute atomic E-state index is 6.39. The van der Waals surface area contributed by atoms with Crippen molar-refractivity contribution in [3.63, 3.8) is 0 Å². The average Bonchev–Trinajstić information content (AvgIpc) is 2.82. The fourth-order valence-electron chi connectivity index (χ4n) is 5.41. The molecule has 5 nitrogen and oxygen atoms in total. The molecule has 4 saturated heterocycles. The van der Waals surface area contributed by atoms with Crippen molar-refractivity contribution in [1.82, 2.24) is 0 Å². The third kappa shape index (κ3) is 3.38. The SMILES string of the molecule is C[CH-]C(C)COC1O[C@@H]2O[C@@]3(C)CCC4[C@H](C)CCC([C@H]1C)[C@]42OO3.[Y]. The Morgan fingerprint density at radius 1 is 1.15 bits per heavy atom. The predicted molar refractivity (Wildman–Crippen MR) is 91.9 cm³/mol. The van der Waals surface area contributed by atoms with Crippen molar-refractivity contribution in [2.24, 2.45) is 29.6 Å². The van der Waals surface area contributed by atoms with Crippen LogP contribution in [-0.2, 0) is 56.7 Å². The number of rotatable bonds is 4. The van der Waals surface area contributed by atoms with Crippen LogP contribution in [0.2, 0.25) is 0 Å². The summed E-state index contributed by atoms with van der Waals surface area (Å²) in [4.78, 5) is 12.0. The molecule has 0 amide bonds. The monoisotopic (exact) mass is 442 g/mol. The van der Waals surface area contributed by atoms with E-state index in [0.29, 0.717) is 30.3 Å². The van der Waals surface area contributed by atoms with Crippen molar-refractivity contribution >= 4 is 0 Å². The van der Waals surface area contributed by atoms with Crippen LogP contribution in [0.5, 0.6) is 0 Å². The molecule has 5 fully saturated rings. The molecule has 5 rings (SSSR count). The van der Waals surface area contributed by atoms with Gasteiger partial charge in [0.25, 0.3) is 0 Å². The largest absolute Gasteiger partial charge is 0.355 e. The molecule has 1 aliphatic carbocycles. The third-order valence-corrected chi connectivity index (χ3v) is 7.19. The van der Waals surface area contributed by atoms with E-state index in [1.807, 2.05) is 6.92 Å². The van der Waals surface area contributed by atoms with Gasteiger partial charge >= 0.3 is 0 Å². The molecule has 9 atom stereocenters. The molecular formula is C20H33O5Y-. The Bertz CT molecular complexity index is 505. The van der Waals surface area contributed by atoms with E-state index in [1.165, 1.54) is 6.42 Å². The van der Waals surface area contributed by atoms with Crippen LogP contribution < -0.4 is 0 Å². The summed E-state index contributed by atoms with van der Waals surface area (Å²) >= 11 is 0. The summed E-state index contributed by atoms with van der Waals surface area (Å²) in [6.07, 6.45) is 5.75. The Morgan fingerprint density at radius 2 is 1.92 bits per heavy atom. The van der Waals surface area contributed by atoms with Gasteiger partial charge in [-0.2, -0.15) is 6.92 Å². The molecule has 26 heavy (non-hydrogen) atoms. The Labute approximate surface area is 183 Å². The molecule has 4 unspecified atom stereocenters. The molecule has 1 radical (unpaired) electrons. The van der Waals surface area contributed by atoms with Gasteiger partial charge in [0.05, 0.1) is 0 Å². The van der Waals surface area contributed by atoms with Gasteiger partial charge in [-0.25, -0.2) is 9.78 Å². The average molecular weight is 442 g/mol. The van der Waals surface area contributed by atoms with Crippen LogP contribution in [-0.4, -0.2) is 30.6 Å². The second-order valence-electron chi connectivity index (χ2n) is 8.92. The van der Waals surface area contributed by atoms with Crippen LogP contribution in [0.15, 0.2) is 0 Å². The molecule has 5 aliphatic rings. The summed E-state index contributed by atoms with van der Waals surface area (Å²) in [6.45, 7) is 11.4. The van der Waals surface area contributed by atoms with Crippen molar-refractivity contribution in [3.8, 4) is 0 Å². The van der Waals surface area contributed by atoms with Crippen molar-refractivity contribution < 1.29 is 56.7 Å². The van der Waals surface area contributed by atoms with E-state index in [1.54, 1.807) is 0 Å². The molecule has 1 saturated carbocycles. The topological polar surface area (TPSA) is 46.2 Å². The second kappa shape index (κ2) is 7.97. The van der Waals surface area contributed by atoms with Gasteiger partial charge in [0.15, 0.2) is 18.2 Å². The Hall–Kier alpha value is 0.904. The second-order valence-corrected chi connectivity index (χ2v) is 8.92. The summed E-state index contributed by atoms with van der Waals surface area (Å²) < 4.78 is 18.9. The maximum Gasteiger partial charge on any atom is 0.201 e. The Morgan fingerprint density at radius 3 is 2.65 bits per heavy atom. The van der Waals surface area contributed by atoms with Crippen molar-refractivity contribution in [1.29, 1.82) is 0 Å². The summed E-state index contributed by atoms with van der Waals surface area (Å²) in [7, 11) is 0. The standard InChI is InChI=1S/C20H33O5.Y/c1-6-12(2)11-21-17-14(4)16-8-7-13(3)15-9-10-19(5)23-18(22-17)20(15,16)25-24-19;/h6,12-18H,7-11H2,1-5H3;/q-1;/t12?,13-,14-,15?,16?,17?,18-,19-,20-;/m1./s1. The quantitative estimate of drug-likeness (QED) is 0.485. The molecule has 0 aromatic rings. The zero-order chi connectivity index (χ0) is 17.8. The number of hydrogen-bond acceptors (Lipinski definition) is 5. The minimum Gasteiger partial charge on any atom is -0.355 e. The van der Waals surface area contributed by atoms with Gasteiger partial charge < -0.3 is 20.6 Å². The molecule has 2 bridgehead atoms. The Kier molecular flexibility index (Phi) is 6.62. The van der Waals surface area contributed by atoms with Crippen LogP contribution in [0, 0.1) is 36.0 Å². The maximum atomic E-state index is 6.39. The molecule has 4 heterocycles. The fraction of sp³-hybridized carbons (Fsp3) is 0.950. The van der Waals surface area contributed by atoms with E-state index < -0.39 is 17.7 Å². The third-order valence-electron chi connectivity index (χ3n) is 7.19. The van der Waals surface area contributed by atoms with Gasteiger partial charge in [-0.1, -0.05) is 20.8 Å². The fourth-order valence-corrected chi connectivity index (χ4v) is 5.41. The molecule has 0 N–H and O–H groups in total. The first kappa shape index (κ1) is 21.6. The molecule has 147 valence electrons. The van der Waals surface area contributed by atoms with Gasteiger partial charge in [0, 0.05) is 57.6 Å². The summed E-state index contributed by atoms with van der Waals surface area (Å²) in [5.41, 5.74) is -0.491. The van der Waals surface area contributed by atoms with E-state index in [9.17, 15) is 0 Å². The van der Waals surface area contributed by atoms with E-state index in [2.05, 4.69) is 34.1 Å². The molecule has 1 spiro atoms. The number of ether oxygens (including phenoxy) is 3. The summed E-state index contributed by atoms with van der Waals surface area (Å²) in [5, 5.41) is 0. The molecule has 6 heteroatoms. The van der Waals surface area contributed by atoms with Gasteiger partial charge in [-0.3, -0.25) is 0 Å². The van der Waals surface area contributed by atoms with Gasteiger partial charge in [0.1, 0.15) is 0 Å². The number of fused-ring (bicyclic) bond motifs is 2. The minimum atomic E-state index is -0.715. The van der Waals surface area contributed by atoms with Gasteiger partial charge in [-0.05, 0) is 38.0 Å². The van der Waals surface area contributed by atoms with E-state index in [-0.39, 0.29) is 44.9 Å². The molecular weight excluding hydrogens is 409 g/mol. The van der Waals surface area contributed by atoms with Crippen LogP contribution in [0.3, 0.4) is 0 Å². The van der Waals surface area contributed by atoms with E-state index >= 15 is 0 Å². The zero-order valence-corrected chi connectivity index (χ0v) is 19.6. The van der Waals surface area contributed by atoms with Gasteiger partial charge in [-0.15, -0.1) is 5.92 Å². The molecule has 0 aromatic carbocycles. The van der Waals surface area contributed by atoms with Crippen LogP contribution in [0.25, 0.3) is 0 Å². The minimum absolute atomic E-state index is 0. The van der Waals surface area contributed by atoms with Crippen LogP contribution in [0.4, 0.5) is 0 Å². The first-order chi connectivity index (χ1) is 11.9. The van der Waals surface area contributed by atoms with Crippen LogP contribution >= 0.6 is 0 Å². The summed E-state index contributed by atoms with van der Waals surface area (Å²) in [5.74, 6) is 1.29. The zero-order valence-electron chi connectivity index (χ0n) is 16.8. The smallest absolute Gasteiger partial charge is 0.201 e. The normalized spacial score (nSPS) is 51.1. The van der Waals surface area contributed by atoms with E-state index in [0.717, 1.165) is 19.3 Å². The molecule has 4 aliphatic heterocycles. The van der Waals surface area contributed by atoms with Crippen molar-refractivity contribution in [3.05, 3.63) is 6.42 Å². The first-order valence-corrected chi connectivity index (χ1v) is 10.0. The molecule has 0 aromatic heterocycles. The first-order valence-electron chi connectivity index (χ1n) is 10.0. The Balaban J connectivity index is 0.00000196. The number of hydrogen-bond donors (Lipinski definition) is 0. The van der Waals surface area contributed by atoms with Crippen molar-refractivity contribution in [2.45, 2.75) is 84.3 Å².